The van der Waals surface area contributed by atoms with Crippen molar-refractivity contribution >= 4 is 17.9 Å². The summed E-state index contributed by atoms with van der Waals surface area (Å²) in [6.07, 6.45) is 53.8. The molecule has 0 radical (unpaired) electrons. The molecule has 57 heavy (non-hydrogen) atoms. The molecule has 0 aliphatic carbocycles. The molecule has 0 heterocycles. The Morgan fingerprint density at radius 2 is 0.702 bits per heavy atom. The van der Waals surface area contributed by atoms with Crippen LogP contribution in [0.1, 0.15) is 239 Å². The highest BCUT2D eigenvalue weighted by molar-refractivity contribution is 5.71. The molecule has 0 aromatic carbocycles. The van der Waals surface area contributed by atoms with Gasteiger partial charge in [0, 0.05) is 19.3 Å². The summed E-state index contributed by atoms with van der Waals surface area (Å²) in [5.74, 6) is -0.893. The van der Waals surface area contributed by atoms with Crippen molar-refractivity contribution in [2.75, 3.05) is 13.2 Å². The van der Waals surface area contributed by atoms with E-state index in [4.69, 9.17) is 14.2 Å². The number of ether oxygens (including phenoxy) is 3. The molecular formula is C51H90O6. The van der Waals surface area contributed by atoms with E-state index in [2.05, 4.69) is 69.4 Å². The predicted octanol–water partition coefficient (Wildman–Crippen LogP) is 15.5. The van der Waals surface area contributed by atoms with Gasteiger partial charge in [0.1, 0.15) is 13.2 Å². The largest absolute Gasteiger partial charge is 0.462 e. The standard InChI is InChI=1S/C51H90O6/c1-4-7-10-13-16-19-21-22-23-24-25-26-27-28-30-32-35-38-41-44-50(53)56-47-48(46-55-49(52)43-40-37-34-31-18-15-12-9-6-3)57-51(54)45-42-39-36-33-29-20-17-14-11-8-5-2/h7,10,14,16-17,19,22-23,48H,4-6,8-9,11-13,15,18,20-21,24-47H2,1-3H3/b10-7-,17-14-,19-16-,23-22-. The Morgan fingerprint density at radius 3 is 1.14 bits per heavy atom. The number of esters is 3. The van der Waals surface area contributed by atoms with Gasteiger partial charge in [0.25, 0.3) is 0 Å². The molecule has 0 spiro atoms. The SMILES string of the molecule is CC/C=C\C/C=C\C/C=C\CCCCCCCCCCCC(=O)OCC(COC(=O)CCCCCCCCCCC)OC(=O)CCCCCCC/C=C\CCCC. The van der Waals surface area contributed by atoms with E-state index in [9.17, 15) is 14.4 Å². The van der Waals surface area contributed by atoms with Crippen LogP contribution in [0.3, 0.4) is 0 Å². The van der Waals surface area contributed by atoms with Gasteiger partial charge in [-0.25, -0.2) is 0 Å². The zero-order valence-electron chi connectivity index (χ0n) is 37.6. The van der Waals surface area contributed by atoms with E-state index in [0.29, 0.717) is 19.3 Å². The van der Waals surface area contributed by atoms with E-state index < -0.39 is 6.10 Å². The number of carbonyl (C=O) groups is 3. The van der Waals surface area contributed by atoms with Gasteiger partial charge in [-0.1, -0.05) is 198 Å². The fourth-order valence-corrected chi connectivity index (χ4v) is 6.67. The normalized spacial score (nSPS) is 12.4. The number of rotatable bonds is 43. The highest BCUT2D eigenvalue weighted by Crippen LogP contribution is 2.14. The monoisotopic (exact) mass is 799 g/mol. The molecule has 1 unspecified atom stereocenters. The van der Waals surface area contributed by atoms with Crippen molar-refractivity contribution < 1.29 is 28.6 Å². The molecule has 0 aromatic rings. The summed E-state index contributed by atoms with van der Waals surface area (Å²) in [5, 5.41) is 0. The lowest BCUT2D eigenvalue weighted by molar-refractivity contribution is -0.167. The molecule has 0 rings (SSSR count). The second kappa shape index (κ2) is 46.1. The molecule has 6 heteroatoms. The first-order chi connectivity index (χ1) is 28.0. The first kappa shape index (κ1) is 54.4. The minimum Gasteiger partial charge on any atom is -0.462 e. The van der Waals surface area contributed by atoms with E-state index in [0.717, 1.165) is 89.9 Å². The second-order valence-electron chi connectivity index (χ2n) is 16.0. The Morgan fingerprint density at radius 1 is 0.368 bits per heavy atom. The average molecular weight is 799 g/mol. The summed E-state index contributed by atoms with van der Waals surface area (Å²) in [7, 11) is 0. The summed E-state index contributed by atoms with van der Waals surface area (Å²) >= 11 is 0. The summed E-state index contributed by atoms with van der Waals surface area (Å²) in [4.78, 5) is 37.7. The number of hydrogen-bond donors (Lipinski definition) is 0. The summed E-state index contributed by atoms with van der Waals surface area (Å²) in [5.41, 5.74) is 0. The molecule has 0 aliphatic heterocycles. The van der Waals surface area contributed by atoms with Crippen molar-refractivity contribution in [3.05, 3.63) is 48.6 Å². The van der Waals surface area contributed by atoms with Gasteiger partial charge in [-0.05, 0) is 70.6 Å². The Balaban J connectivity index is 4.28. The lowest BCUT2D eigenvalue weighted by atomic mass is 10.1. The van der Waals surface area contributed by atoms with Gasteiger partial charge < -0.3 is 14.2 Å². The Kier molecular flexibility index (Phi) is 43.9. The Hall–Kier alpha value is -2.63. The van der Waals surface area contributed by atoms with E-state index in [-0.39, 0.29) is 31.1 Å². The van der Waals surface area contributed by atoms with Crippen LogP contribution in [0.15, 0.2) is 48.6 Å². The van der Waals surface area contributed by atoms with Gasteiger partial charge in [-0.2, -0.15) is 0 Å². The van der Waals surface area contributed by atoms with Crippen LogP contribution in [0.5, 0.6) is 0 Å². The lowest BCUT2D eigenvalue weighted by Gasteiger charge is -2.18. The fraction of sp³-hybridized carbons (Fsp3) is 0.784. The van der Waals surface area contributed by atoms with Crippen LogP contribution in [0.25, 0.3) is 0 Å². The van der Waals surface area contributed by atoms with Gasteiger partial charge >= 0.3 is 17.9 Å². The van der Waals surface area contributed by atoms with Gasteiger partial charge in [-0.3, -0.25) is 14.4 Å². The van der Waals surface area contributed by atoms with Crippen molar-refractivity contribution in [1.82, 2.24) is 0 Å². The van der Waals surface area contributed by atoms with Crippen LogP contribution in [0.2, 0.25) is 0 Å². The quantitative estimate of drug-likeness (QED) is 0.0265. The molecule has 0 aromatic heterocycles. The van der Waals surface area contributed by atoms with E-state index >= 15 is 0 Å². The first-order valence-corrected chi connectivity index (χ1v) is 24.1. The topological polar surface area (TPSA) is 78.9 Å². The number of carbonyl (C=O) groups excluding carboxylic acids is 3. The molecule has 0 bridgehead atoms. The Labute approximate surface area is 352 Å². The number of unbranched alkanes of at least 4 members (excludes halogenated alkanes) is 24. The van der Waals surface area contributed by atoms with Gasteiger partial charge in [0.15, 0.2) is 6.10 Å². The third-order valence-electron chi connectivity index (χ3n) is 10.3. The molecule has 0 saturated carbocycles. The van der Waals surface area contributed by atoms with Gasteiger partial charge in [0.05, 0.1) is 0 Å². The maximum atomic E-state index is 12.7. The van der Waals surface area contributed by atoms with Crippen molar-refractivity contribution in [3.8, 4) is 0 Å². The molecule has 0 amide bonds. The fourth-order valence-electron chi connectivity index (χ4n) is 6.67. The molecular weight excluding hydrogens is 709 g/mol. The molecule has 6 nitrogen and oxygen atoms in total. The first-order valence-electron chi connectivity index (χ1n) is 24.1. The van der Waals surface area contributed by atoms with Crippen LogP contribution >= 0.6 is 0 Å². The molecule has 1 atom stereocenters. The lowest BCUT2D eigenvalue weighted by Crippen LogP contribution is -2.30. The summed E-state index contributed by atoms with van der Waals surface area (Å²) in [6, 6.07) is 0. The summed E-state index contributed by atoms with van der Waals surface area (Å²) in [6.45, 7) is 6.46. The number of allylic oxidation sites excluding steroid dienone is 8. The highest BCUT2D eigenvalue weighted by Gasteiger charge is 2.19. The number of hydrogen-bond acceptors (Lipinski definition) is 6. The molecule has 0 saturated heterocycles. The maximum absolute atomic E-state index is 12.7. The zero-order valence-corrected chi connectivity index (χ0v) is 37.6. The zero-order chi connectivity index (χ0) is 41.5. The van der Waals surface area contributed by atoms with Gasteiger partial charge in [0.2, 0.25) is 0 Å². The van der Waals surface area contributed by atoms with Crippen LogP contribution in [0.4, 0.5) is 0 Å². The van der Waals surface area contributed by atoms with Crippen molar-refractivity contribution in [1.29, 1.82) is 0 Å². The third-order valence-corrected chi connectivity index (χ3v) is 10.3. The average Bonchev–Trinajstić information content (AvgIpc) is 3.21. The minimum atomic E-state index is -0.774. The van der Waals surface area contributed by atoms with Crippen LogP contribution in [-0.4, -0.2) is 37.2 Å². The Bertz CT molecular complexity index is 1010. The van der Waals surface area contributed by atoms with E-state index in [1.807, 2.05) is 0 Å². The summed E-state index contributed by atoms with van der Waals surface area (Å²) < 4.78 is 16.7. The van der Waals surface area contributed by atoms with E-state index in [1.165, 1.54) is 109 Å². The maximum Gasteiger partial charge on any atom is 0.306 e. The van der Waals surface area contributed by atoms with Crippen LogP contribution in [-0.2, 0) is 28.6 Å². The molecule has 330 valence electrons. The van der Waals surface area contributed by atoms with Crippen LogP contribution < -0.4 is 0 Å². The smallest absolute Gasteiger partial charge is 0.306 e. The molecule has 0 aliphatic rings. The van der Waals surface area contributed by atoms with Crippen molar-refractivity contribution in [2.24, 2.45) is 0 Å². The van der Waals surface area contributed by atoms with Crippen molar-refractivity contribution in [2.45, 2.75) is 245 Å². The highest BCUT2D eigenvalue weighted by atomic mass is 16.6. The second-order valence-corrected chi connectivity index (χ2v) is 16.0. The van der Waals surface area contributed by atoms with Crippen molar-refractivity contribution in [3.63, 3.8) is 0 Å². The van der Waals surface area contributed by atoms with Gasteiger partial charge in [-0.15, -0.1) is 0 Å². The van der Waals surface area contributed by atoms with E-state index in [1.54, 1.807) is 0 Å². The van der Waals surface area contributed by atoms with Crippen LogP contribution in [0, 0.1) is 0 Å². The molecule has 0 fully saturated rings. The predicted molar refractivity (Wildman–Crippen MR) is 242 cm³/mol. The molecule has 0 N–H and O–H groups in total. The minimum absolute atomic E-state index is 0.0766. The third kappa shape index (κ3) is 44.3.